The van der Waals surface area contributed by atoms with Gasteiger partial charge in [0.2, 0.25) is 0 Å². The molecule has 4 heteroatoms. The van der Waals surface area contributed by atoms with Crippen LogP contribution in [0.3, 0.4) is 0 Å². The first-order valence-corrected chi connectivity index (χ1v) is 2.04. The van der Waals surface area contributed by atoms with E-state index in [-0.39, 0.29) is 0 Å². The molecule has 0 saturated carbocycles. The summed E-state index contributed by atoms with van der Waals surface area (Å²) < 4.78 is 0. The molecule has 0 radical (unpaired) electrons. The Hall–Kier alpha value is -0.120. The smallest absolute Gasteiger partial charge is 0.252 e. The molecule has 1 atom stereocenters. The molecule has 0 aromatic carbocycles. The van der Waals surface area contributed by atoms with E-state index >= 15 is 0 Å². The average molecular weight is 125 g/mol. The van der Waals surface area contributed by atoms with Crippen molar-refractivity contribution in [3.05, 3.63) is 0 Å². The van der Waals surface area contributed by atoms with Crippen LogP contribution in [0.1, 0.15) is 0 Å². The minimum absolute atomic E-state index is 0.609. The van der Waals surface area contributed by atoms with Crippen LogP contribution < -0.4 is 0 Å². The van der Waals surface area contributed by atoms with Gasteiger partial charge in [0.1, 0.15) is 0 Å². The van der Waals surface area contributed by atoms with Crippen LogP contribution in [0.15, 0.2) is 0 Å². The van der Waals surface area contributed by atoms with Crippen LogP contribution in [0.25, 0.3) is 0 Å². The summed E-state index contributed by atoms with van der Waals surface area (Å²) in [7, 11) is 0. The van der Waals surface area contributed by atoms with E-state index in [1.54, 1.807) is 0 Å². The molecule has 0 aliphatic rings. The second-order valence-electron chi connectivity index (χ2n) is 1.00. The summed E-state index contributed by atoms with van der Waals surface area (Å²) in [6.45, 7) is -0.609. The topological polar surface area (TPSA) is 57.5 Å². The predicted octanol–water partition coefficient (Wildman–Crippen LogP) is -0.895. The Morgan fingerprint density at radius 1 is 1.86 bits per heavy atom. The molecule has 2 N–H and O–H groups in total. The monoisotopic (exact) mass is 124 g/mol. The maximum Gasteiger partial charge on any atom is 0.252 e. The summed E-state index contributed by atoms with van der Waals surface area (Å²) in [5.41, 5.74) is 0. The molecule has 0 rings (SSSR count). The first-order chi connectivity index (χ1) is 3.18. The van der Waals surface area contributed by atoms with E-state index in [2.05, 4.69) is 11.6 Å². The zero-order valence-electron chi connectivity index (χ0n) is 3.47. The van der Waals surface area contributed by atoms with Crippen molar-refractivity contribution in [1.82, 2.24) is 0 Å². The van der Waals surface area contributed by atoms with Crippen LogP contribution in [-0.4, -0.2) is 28.2 Å². The van der Waals surface area contributed by atoms with Gasteiger partial charge in [0.15, 0.2) is 6.10 Å². The molecule has 0 bridgehead atoms. The summed E-state index contributed by atoms with van der Waals surface area (Å²) in [5, 5.41) is 15.2. The molecule has 0 aromatic rings. The summed E-state index contributed by atoms with van der Waals surface area (Å²) in [6, 6.07) is 0. The fraction of sp³-hybridized carbons (Fsp3) is 0.667. The first-order valence-electron chi connectivity index (χ1n) is 1.66. The van der Waals surface area contributed by atoms with Crippen LogP contribution >= 0.6 is 11.6 Å². The van der Waals surface area contributed by atoms with Gasteiger partial charge in [-0.2, -0.15) is 0 Å². The molecule has 0 fully saturated rings. The van der Waals surface area contributed by atoms with Gasteiger partial charge in [0.25, 0.3) is 5.24 Å². The molecular formula is C3H5ClO3. The Kier molecular flexibility index (Phi) is 2.91. The van der Waals surface area contributed by atoms with Crippen molar-refractivity contribution in [2.24, 2.45) is 0 Å². The van der Waals surface area contributed by atoms with Crippen molar-refractivity contribution in [2.45, 2.75) is 6.10 Å². The standard InChI is InChI=1S/C3H5ClO3/c4-3(7)2(6)1-5/h2,5-6H,1H2. The van der Waals surface area contributed by atoms with Crippen LogP contribution in [-0.2, 0) is 4.79 Å². The van der Waals surface area contributed by atoms with E-state index in [4.69, 9.17) is 10.2 Å². The fourth-order valence-corrected chi connectivity index (χ4v) is 0.141. The summed E-state index contributed by atoms with van der Waals surface area (Å²) in [6.07, 6.45) is -1.42. The number of carbonyl (C=O) groups is 1. The first kappa shape index (κ1) is 6.88. The second-order valence-corrected chi connectivity index (χ2v) is 1.38. The zero-order valence-corrected chi connectivity index (χ0v) is 4.22. The van der Waals surface area contributed by atoms with E-state index in [9.17, 15) is 4.79 Å². The Morgan fingerprint density at radius 2 is 2.29 bits per heavy atom. The van der Waals surface area contributed by atoms with Crippen LogP contribution in [0.5, 0.6) is 0 Å². The molecule has 1 unspecified atom stereocenters. The van der Waals surface area contributed by atoms with E-state index < -0.39 is 18.0 Å². The molecule has 0 aromatic heterocycles. The maximum absolute atomic E-state index is 9.73. The third-order valence-electron chi connectivity index (χ3n) is 0.435. The van der Waals surface area contributed by atoms with Gasteiger partial charge in [0, 0.05) is 0 Å². The molecule has 7 heavy (non-hydrogen) atoms. The molecule has 3 nitrogen and oxygen atoms in total. The Labute approximate surface area is 45.5 Å². The number of hydrogen-bond donors (Lipinski definition) is 2. The Balaban J connectivity index is 3.34. The zero-order chi connectivity index (χ0) is 5.86. The largest absolute Gasteiger partial charge is 0.393 e. The minimum Gasteiger partial charge on any atom is -0.393 e. The normalized spacial score (nSPS) is 13.6. The highest BCUT2D eigenvalue weighted by Gasteiger charge is 2.07. The van der Waals surface area contributed by atoms with E-state index in [1.807, 2.05) is 0 Å². The SMILES string of the molecule is O=C(Cl)C(O)CO. The number of aliphatic hydroxyl groups is 2. The van der Waals surface area contributed by atoms with Crippen LogP contribution in [0, 0.1) is 0 Å². The molecule has 0 spiro atoms. The number of carbonyl (C=O) groups excluding carboxylic acids is 1. The lowest BCUT2D eigenvalue weighted by Gasteiger charge is -1.94. The molecule has 42 valence electrons. The molecular weight excluding hydrogens is 119 g/mol. The summed E-state index contributed by atoms with van der Waals surface area (Å²) >= 11 is 4.68. The van der Waals surface area contributed by atoms with Crippen molar-refractivity contribution >= 4 is 16.8 Å². The predicted molar refractivity (Wildman–Crippen MR) is 24.0 cm³/mol. The Morgan fingerprint density at radius 3 is 2.29 bits per heavy atom. The summed E-state index contributed by atoms with van der Waals surface area (Å²) in [5.74, 6) is 0. The van der Waals surface area contributed by atoms with Gasteiger partial charge < -0.3 is 10.2 Å². The average Bonchev–Trinajstić information content (AvgIpc) is 1.65. The van der Waals surface area contributed by atoms with E-state index in [1.165, 1.54) is 0 Å². The minimum atomic E-state index is -1.42. The molecule has 0 saturated heterocycles. The van der Waals surface area contributed by atoms with Gasteiger partial charge in [-0.15, -0.1) is 0 Å². The lowest BCUT2D eigenvalue weighted by Crippen LogP contribution is -2.18. The van der Waals surface area contributed by atoms with Crippen molar-refractivity contribution < 1.29 is 15.0 Å². The van der Waals surface area contributed by atoms with Crippen LogP contribution in [0.2, 0.25) is 0 Å². The Bertz CT molecular complexity index is 72.6. The highest BCUT2D eigenvalue weighted by atomic mass is 35.5. The van der Waals surface area contributed by atoms with Gasteiger partial charge in [-0.25, -0.2) is 0 Å². The molecule has 0 aliphatic heterocycles. The second kappa shape index (κ2) is 2.96. The third-order valence-corrected chi connectivity index (χ3v) is 0.687. The highest BCUT2D eigenvalue weighted by Crippen LogP contribution is 1.86. The van der Waals surface area contributed by atoms with Gasteiger partial charge in [-0.05, 0) is 11.6 Å². The number of aliphatic hydroxyl groups excluding tert-OH is 2. The number of halogens is 1. The summed E-state index contributed by atoms with van der Waals surface area (Å²) in [4.78, 5) is 9.73. The maximum atomic E-state index is 9.73. The number of rotatable bonds is 2. The van der Waals surface area contributed by atoms with Crippen molar-refractivity contribution in [2.75, 3.05) is 6.61 Å². The van der Waals surface area contributed by atoms with Crippen LogP contribution in [0.4, 0.5) is 0 Å². The van der Waals surface area contributed by atoms with E-state index in [0.29, 0.717) is 0 Å². The lowest BCUT2D eigenvalue weighted by molar-refractivity contribution is -0.120. The molecule has 0 amide bonds. The van der Waals surface area contributed by atoms with Gasteiger partial charge in [0.05, 0.1) is 6.61 Å². The quantitative estimate of drug-likeness (QED) is 0.470. The van der Waals surface area contributed by atoms with Crippen molar-refractivity contribution in [1.29, 1.82) is 0 Å². The molecule has 0 heterocycles. The van der Waals surface area contributed by atoms with E-state index in [0.717, 1.165) is 0 Å². The van der Waals surface area contributed by atoms with Gasteiger partial charge in [-0.3, -0.25) is 4.79 Å². The van der Waals surface area contributed by atoms with Crippen molar-refractivity contribution in [3.8, 4) is 0 Å². The molecule has 0 aliphatic carbocycles. The lowest BCUT2D eigenvalue weighted by atomic mass is 10.4. The third kappa shape index (κ3) is 2.56. The number of hydrogen-bond acceptors (Lipinski definition) is 3. The highest BCUT2D eigenvalue weighted by molar-refractivity contribution is 6.64. The fourth-order valence-electron chi connectivity index (χ4n) is 0.0718. The van der Waals surface area contributed by atoms with Gasteiger partial charge >= 0.3 is 0 Å². The van der Waals surface area contributed by atoms with Crippen molar-refractivity contribution in [3.63, 3.8) is 0 Å². The van der Waals surface area contributed by atoms with Gasteiger partial charge in [-0.1, -0.05) is 0 Å².